The van der Waals surface area contributed by atoms with Gasteiger partial charge in [-0.15, -0.1) is 0 Å². The SMILES string of the molecule is CC(C)C[C@H](C#N)C(CCC(=O)O)C(=O)O. The lowest BCUT2D eigenvalue weighted by molar-refractivity contribution is -0.144. The largest absolute Gasteiger partial charge is 0.481 e. The van der Waals surface area contributed by atoms with Gasteiger partial charge in [0.1, 0.15) is 0 Å². The number of carboxylic acid groups (broad SMARTS) is 2. The maximum Gasteiger partial charge on any atom is 0.307 e. The van der Waals surface area contributed by atoms with Gasteiger partial charge in [0.05, 0.1) is 17.9 Å². The van der Waals surface area contributed by atoms with Crippen LogP contribution in [-0.4, -0.2) is 22.2 Å². The molecule has 0 saturated carbocycles. The lowest BCUT2D eigenvalue weighted by Crippen LogP contribution is -2.24. The van der Waals surface area contributed by atoms with Crippen molar-refractivity contribution in [3.05, 3.63) is 0 Å². The van der Waals surface area contributed by atoms with Crippen LogP contribution in [-0.2, 0) is 9.59 Å². The summed E-state index contributed by atoms with van der Waals surface area (Å²) in [4.78, 5) is 21.3. The number of nitrogens with zero attached hydrogens (tertiary/aromatic N) is 1. The van der Waals surface area contributed by atoms with Gasteiger partial charge in [-0.25, -0.2) is 0 Å². The van der Waals surface area contributed by atoms with Gasteiger partial charge in [0, 0.05) is 6.42 Å². The molecule has 0 radical (unpaired) electrons. The molecule has 0 aliphatic carbocycles. The summed E-state index contributed by atoms with van der Waals surface area (Å²) < 4.78 is 0. The van der Waals surface area contributed by atoms with Crippen molar-refractivity contribution >= 4 is 11.9 Å². The van der Waals surface area contributed by atoms with E-state index in [1.165, 1.54) is 0 Å². The fraction of sp³-hybridized carbons (Fsp3) is 0.727. The van der Waals surface area contributed by atoms with Crippen molar-refractivity contribution < 1.29 is 19.8 Å². The minimum Gasteiger partial charge on any atom is -0.481 e. The highest BCUT2D eigenvalue weighted by molar-refractivity contribution is 5.72. The third kappa shape index (κ3) is 5.35. The topological polar surface area (TPSA) is 98.4 Å². The van der Waals surface area contributed by atoms with Crippen LogP contribution in [0.3, 0.4) is 0 Å². The Balaban J connectivity index is 4.54. The van der Waals surface area contributed by atoms with Crippen molar-refractivity contribution in [2.24, 2.45) is 17.8 Å². The highest BCUT2D eigenvalue weighted by Crippen LogP contribution is 2.24. The molecule has 0 aromatic carbocycles. The number of nitriles is 1. The molecule has 0 spiro atoms. The molecule has 5 nitrogen and oxygen atoms in total. The zero-order chi connectivity index (χ0) is 12.7. The van der Waals surface area contributed by atoms with Crippen LogP contribution in [0.2, 0.25) is 0 Å². The first kappa shape index (κ1) is 14.4. The highest BCUT2D eigenvalue weighted by Gasteiger charge is 2.29. The molecular formula is C11H17NO4. The fourth-order valence-electron chi connectivity index (χ4n) is 1.59. The molecular weight excluding hydrogens is 210 g/mol. The molecule has 0 rings (SSSR count). The molecule has 0 amide bonds. The normalized spacial score (nSPS) is 14.1. The van der Waals surface area contributed by atoms with Crippen LogP contribution in [0, 0.1) is 29.1 Å². The highest BCUT2D eigenvalue weighted by atomic mass is 16.4. The predicted octanol–water partition coefficient (Wildman–Crippen LogP) is 1.74. The van der Waals surface area contributed by atoms with E-state index in [-0.39, 0.29) is 18.8 Å². The molecule has 0 aromatic rings. The molecule has 2 atom stereocenters. The predicted molar refractivity (Wildman–Crippen MR) is 56.6 cm³/mol. The van der Waals surface area contributed by atoms with Crippen molar-refractivity contribution in [1.29, 1.82) is 5.26 Å². The zero-order valence-corrected chi connectivity index (χ0v) is 9.51. The Morgan fingerprint density at radius 2 is 1.88 bits per heavy atom. The first-order valence-corrected chi connectivity index (χ1v) is 5.22. The summed E-state index contributed by atoms with van der Waals surface area (Å²) in [5, 5.41) is 26.4. The molecule has 0 saturated heterocycles. The van der Waals surface area contributed by atoms with Gasteiger partial charge >= 0.3 is 11.9 Å². The van der Waals surface area contributed by atoms with Crippen molar-refractivity contribution in [1.82, 2.24) is 0 Å². The molecule has 0 heterocycles. The van der Waals surface area contributed by atoms with Gasteiger partial charge in [-0.2, -0.15) is 5.26 Å². The van der Waals surface area contributed by atoms with E-state index in [0.717, 1.165) is 0 Å². The quantitative estimate of drug-likeness (QED) is 0.690. The Labute approximate surface area is 94.7 Å². The fourth-order valence-corrected chi connectivity index (χ4v) is 1.59. The van der Waals surface area contributed by atoms with Crippen LogP contribution < -0.4 is 0 Å². The molecule has 5 heteroatoms. The van der Waals surface area contributed by atoms with Crippen LogP contribution in [0.25, 0.3) is 0 Å². The molecule has 0 aromatic heterocycles. The standard InChI is InChI=1S/C11H17NO4/c1-7(2)5-8(6-12)9(11(15)16)3-4-10(13)14/h7-9H,3-5H2,1-2H3,(H,13,14)(H,15,16)/t8-,9?/m1/s1. The second-order valence-corrected chi connectivity index (χ2v) is 4.24. The number of hydrogen-bond donors (Lipinski definition) is 2. The van der Waals surface area contributed by atoms with Crippen molar-refractivity contribution in [3.8, 4) is 6.07 Å². The number of rotatable bonds is 7. The summed E-state index contributed by atoms with van der Waals surface area (Å²) in [5.74, 6) is -3.40. The summed E-state index contributed by atoms with van der Waals surface area (Å²) in [7, 11) is 0. The summed E-state index contributed by atoms with van der Waals surface area (Å²) in [5.41, 5.74) is 0. The van der Waals surface area contributed by atoms with Gasteiger partial charge in [0.15, 0.2) is 0 Å². The van der Waals surface area contributed by atoms with Crippen LogP contribution in [0.1, 0.15) is 33.1 Å². The average molecular weight is 227 g/mol. The number of carbonyl (C=O) groups is 2. The van der Waals surface area contributed by atoms with E-state index >= 15 is 0 Å². The minimum absolute atomic E-state index is 0.00954. The van der Waals surface area contributed by atoms with E-state index in [9.17, 15) is 9.59 Å². The van der Waals surface area contributed by atoms with E-state index < -0.39 is 23.8 Å². The number of aliphatic carboxylic acids is 2. The first-order valence-electron chi connectivity index (χ1n) is 5.22. The van der Waals surface area contributed by atoms with Crippen molar-refractivity contribution in [3.63, 3.8) is 0 Å². The van der Waals surface area contributed by atoms with Gasteiger partial charge in [0.25, 0.3) is 0 Å². The zero-order valence-electron chi connectivity index (χ0n) is 9.51. The van der Waals surface area contributed by atoms with E-state index in [4.69, 9.17) is 15.5 Å². The molecule has 1 unspecified atom stereocenters. The monoisotopic (exact) mass is 227 g/mol. The third-order valence-corrected chi connectivity index (χ3v) is 2.36. The van der Waals surface area contributed by atoms with Gasteiger partial charge in [0.2, 0.25) is 0 Å². The Morgan fingerprint density at radius 3 is 2.19 bits per heavy atom. The van der Waals surface area contributed by atoms with Crippen LogP contribution >= 0.6 is 0 Å². The van der Waals surface area contributed by atoms with Gasteiger partial charge in [-0.05, 0) is 18.8 Å². The van der Waals surface area contributed by atoms with E-state index in [0.29, 0.717) is 6.42 Å². The molecule has 0 fully saturated rings. The third-order valence-electron chi connectivity index (χ3n) is 2.36. The van der Waals surface area contributed by atoms with Gasteiger partial charge < -0.3 is 10.2 Å². The first-order chi connectivity index (χ1) is 7.38. The smallest absolute Gasteiger partial charge is 0.307 e. The Kier molecular flexibility index (Phi) is 6.16. The Morgan fingerprint density at radius 1 is 1.31 bits per heavy atom. The second kappa shape index (κ2) is 6.83. The molecule has 16 heavy (non-hydrogen) atoms. The molecule has 0 bridgehead atoms. The number of hydrogen-bond acceptors (Lipinski definition) is 3. The molecule has 0 aliphatic heterocycles. The van der Waals surface area contributed by atoms with E-state index in [1.54, 1.807) is 0 Å². The van der Waals surface area contributed by atoms with Crippen molar-refractivity contribution in [2.45, 2.75) is 33.1 Å². The molecule has 2 N–H and O–H groups in total. The second-order valence-electron chi connectivity index (χ2n) is 4.24. The Hall–Kier alpha value is -1.57. The lowest BCUT2D eigenvalue weighted by Gasteiger charge is -2.18. The van der Waals surface area contributed by atoms with Crippen LogP contribution in [0.15, 0.2) is 0 Å². The van der Waals surface area contributed by atoms with Gasteiger partial charge in [-0.1, -0.05) is 13.8 Å². The van der Waals surface area contributed by atoms with Crippen LogP contribution in [0.4, 0.5) is 0 Å². The minimum atomic E-state index is -1.09. The Bertz CT molecular complexity index is 293. The molecule has 90 valence electrons. The van der Waals surface area contributed by atoms with E-state index in [2.05, 4.69) is 0 Å². The lowest BCUT2D eigenvalue weighted by atomic mass is 9.84. The summed E-state index contributed by atoms with van der Waals surface area (Å²) in [6, 6.07) is 1.96. The summed E-state index contributed by atoms with van der Waals surface area (Å²) in [6.45, 7) is 3.81. The number of carboxylic acids is 2. The van der Waals surface area contributed by atoms with Crippen molar-refractivity contribution in [2.75, 3.05) is 0 Å². The molecule has 0 aliphatic rings. The summed E-state index contributed by atoms with van der Waals surface area (Å²) in [6.07, 6.45) is 0.274. The van der Waals surface area contributed by atoms with Crippen LogP contribution in [0.5, 0.6) is 0 Å². The van der Waals surface area contributed by atoms with Gasteiger partial charge in [-0.3, -0.25) is 9.59 Å². The average Bonchev–Trinajstić information content (AvgIpc) is 2.14. The summed E-state index contributed by atoms with van der Waals surface area (Å²) >= 11 is 0. The maximum atomic E-state index is 10.9. The van der Waals surface area contributed by atoms with E-state index in [1.807, 2.05) is 19.9 Å². The maximum absolute atomic E-state index is 10.9.